The second kappa shape index (κ2) is 3.46. The molecule has 17 heavy (non-hydrogen) atoms. The van der Waals surface area contributed by atoms with Crippen molar-refractivity contribution in [1.29, 1.82) is 0 Å². The fourth-order valence-electron chi connectivity index (χ4n) is 1.85. The van der Waals surface area contributed by atoms with E-state index in [1.165, 1.54) is 6.20 Å². The normalized spacial score (nSPS) is 11.1. The molecule has 0 atom stereocenters. The zero-order chi connectivity index (χ0) is 12.0. The molecule has 0 spiro atoms. The van der Waals surface area contributed by atoms with Crippen molar-refractivity contribution in [3.05, 3.63) is 47.4 Å². The van der Waals surface area contributed by atoms with Crippen molar-refractivity contribution in [2.24, 2.45) is 0 Å². The van der Waals surface area contributed by atoms with Crippen LogP contribution in [0.15, 0.2) is 36.7 Å². The maximum Gasteiger partial charge on any atom is 0.356 e. The van der Waals surface area contributed by atoms with Gasteiger partial charge < -0.3 is 9.51 Å². The highest BCUT2D eigenvalue weighted by Crippen LogP contribution is 2.23. The van der Waals surface area contributed by atoms with Crippen LogP contribution in [0.3, 0.4) is 0 Å². The summed E-state index contributed by atoms with van der Waals surface area (Å²) in [5.41, 5.74) is 0.656. The predicted molar refractivity (Wildman–Crippen MR) is 64.7 cm³/mol. The number of benzene rings is 1. The maximum atomic E-state index is 10.9. The van der Waals surface area contributed by atoms with Gasteiger partial charge in [0.15, 0.2) is 5.69 Å². The molecule has 0 fully saturated rings. The average molecular weight is 247 g/mol. The molecule has 0 amide bonds. The standard InChI is InChI=1S/C12H7ClN2O2/c13-8-1-2-9-7(5-8)3-4-15-6-10(12(16)17)14-11(9)15/h1-6H,(H,16,17). The number of aromatic nitrogens is 2. The van der Waals surface area contributed by atoms with E-state index in [4.69, 9.17) is 16.7 Å². The number of aromatic carboxylic acids is 1. The van der Waals surface area contributed by atoms with Crippen molar-refractivity contribution in [3.63, 3.8) is 0 Å². The lowest BCUT2D eigenvalue weighted by atomic mass is 10.2. The van der Waals surface area contributed by atoms with Gasteiger partial charge in [0, 0.05) is 22.8 Å². The zero-order valence-electron chi connectivity index (χ0n) is 8.59. The molecule has 2 heterocycles. The van der Waals surface area contributed by atoms with E-state index >= 15 is 0 Å². The number of carboxylic acid groups (broad SMARTS) is 1. The van der Waals surface area contributed by atoms with Gasteiger partial charge in [-0.1, -0.05) is 11.6 Å². The Morgan fingerprint density at radius 1 is 1.35 bits per heavy atom. The average Bonchev–Trinajstić information content (AvgIpc) is 2.72. The van der Waals surface area contributed by atoms with E-state index in [0.29, 0.717) is 10.7 Å². The first-order chi connectivity index (χ1) is 8.15. The Bertz CT molecular complexity index is 749. The molecule has 0 saturated carbocycles. The molecule has 0 radical (unpaired) electrons. The van der Waals surface area contributed by atoms with Crippen LogP contribution in [0.4, 0.5) is 0 Å². The quantitative estimate of drug-likeness (QED) is 0.718. The molecule has 2 aromatic heterocycles. The third-order valence-corrected chi connectivity index (χ3v) is 2.86. The summed E-state index contributed by atoms with van der Waals surface area (Å²) >= 11 is 5.90. The van der Waals surface area contributed by atoms with Crippen LogP contribution in [0.1, 0.15) is 10.5 Å². The number of carbonyl (C=O) groups is 1. The number of pyridine rings is 1. The number of halogens is 1. The number of carboxylic acids is 1. The lowest BCUT2D eigenvalue weighted by molar-refractivity contribution is 0.0691. The van der Waals surface area contributed by atoms with Crippen LogP contribution < -0.4 is 0 Å². The minimum Gasteiger partial charge on any atom is -0.476 e. The van der Waals surface area contributed by atoms with Crippen LogP contribution in [0.2, 0.25) is 5.02 Å². The Balaban J connectivity index is 2.42. The first-order valence-corrected chi connectivity index (χ1v) is 5.33. The monoisotopic (exact) mass is 246 g/mol. The molecule has 1 N–H and O–H groups in total. The maximum absolute atomic E-state index is 10.9. The topological polar surface area (TPSA) is 54.6 Å². The van der Waals surface area contributed by atoms with Crippen molar-refractivity contribution < 1.29 is 9.90 Å². The third-order valence-electron chi connectivity index (χ3n) is 2.62. The van der Waals surface area contributed by atoms with Crippen molar-refractivity contribution in [3.8, 4) is 0 Å². The molecule has 0 unspecified atom stereocenters. The van der Waals surface area contributed by atoms with Gasteiger partial charge in [-0.3, -0.25) is 0 Å². The van der Waals surface area contributed by atoms with Gasteiger partial charge in [0.05, 0.1) is 0 Å². The number of rotatable bonds is 1. The first kappa shape index (κ1) is 10.1. The summed E-state index contributed by atoms with van der Waals surface area (Å²) < 4.78 is 1.69. The van der Waals surface area contributed by atoms with Crippen LogP contribution in [0, 0.1) is 0 Å². The molecule has 4 nitrogen and oxygen atoms in total. The Labute approximate surface area is 101 Å². The Morgan fingerprint density at radius 3 is 2.94 bits per heavy atom. The minimum atomic E-state index is -1.03. The Kier molecular flexibility index (Phi) is 2.06. The molecule has 5 heteroatoms. The van der Waals surface area contributed by atoms with Crippen LogP contribution in [0.5, 0.6) is 0 Å². The Morgan fingerprint density at radius 2 is 2.18 bits per heavy atom. The smallest absolute Gasteiger partial charge is 0.356 e. The third kappa shape index (κ3) is 1.54. The molecule has 0 aliphatic heterocycles. The van der Waals surface area contributed by atoms with E-state index in [-0.39, 0.29) is 5.69 Å². The Hall–Kier alpha value is -2.07. The van der Waals surface area contributed by atoms with E-state index in [9.17, 15) is 4.79 Å². The van der Waals surface area contributed by atoms with Crippen LogP contribution in [-0.4, -0.2) is 20.5 Å². The summed E-state index contributed by atoms with van der Waals surface area (Å²) in [7, 11) is 0. The van der Waals surface area contributed by atoms with Gasteiger partial charge in [-0.25, -0.2) is 9.78 Å². The molecule has 0 aliphatic carbocycles. The highest BCUT2D eigenvalue weighted by Gasteiger charge is 2.10. The second-order valence-electron chi connectivity index (χ2n) is 3.71. The largest absolute Gasteiger partial charge is 0.476 e. The van der Waals surface area contributed by atoms with Gasteiger partial charge in [-0.15, -0.1) is 0 Å². The van der Waals surface area contributed by atoms with Crippen molar-refractivity contribution in [1.82, 2.24) is 9.38 Å². The van der Waals surface area contributed by atoms with Crippen LogP contribution in [0.25, 0.3) is 16.4 Å². The summed E-state index contributed by atoms with van der Waals surface area (Å²) in [6.07, 6.45) is 3.26. The number of hydrogen-bond acceptors (Lipinski definition) is 2. The van der Waals surface area contributed by atoms with E-state index < -0.39 is 5.97 Å². The predicted octanol–water partition coefficient (Wildman–Crippen LogP) is 2.84. The minimum absolute atomic E-state index is 0.0347. The number of nitrogens with zero attached hydrogens (tertiary/aromatic N) is 2. The zero-order valence-corrected chi connectivity index (χ0v) is 9.35. The number of imidazole rings is 1. The molecule has 84 valence electrons. The van der Waals surface area contributed by atoms with E-state index in [1.54, 1.807) is 16.7 Å². The van der Waals surface area contributed by atoms with Gasteiger partial charge in [0.25, 0.3) is 0 Å². The number of fused-ring (bicyclic) bond motifs is 3. The summed E-state index contributed by atoms with van der Waals surface area (Å²) in [4.78, 5) is 15.0. The van der Waals surface area contributed by atoms with E-state index in [1.807, 2.05) is 18.2 Å². The molecular weight excluding hydrogens is 240 g/mol. The van der Waals surface area contributed by atoms with Crippen molar-refractivity contribution in [2.75, 3.05) is 0 Å². The summed E-state index contributed by atoms with van der Waals surface area (Å²) in [5, 5.41) is 11.4. The lowest BCUT2D eigenvalue weighted by Gasteiger charge is -2.00. The summed E-state index contributed by atoms with van der Waals surface area (Å²) in [5.74, 6) is -1.03. The van der Waals surface area contributed by atoms with Gasteiger partial charge in [-0.05, 0) is 29.7 Å². The molecule has 3 rings (SSSR count). The lowest BCUT2D eigenvalue weighted by Crippen LogP contribution is -1.94. The highest BCUT2D eigenvalue weighted by atomic mass is 35.5. The fraction of sp³-hybridized carbons (Fsp3) is 0. The molecule has 3 aromatic rings. The summed E-state index contributed by atoms with van der Waals surface area (Å²) in [6.45, 7) is 0. The van der Waals surface area contributed by atoms with Crippen LogP contribution in [-0.2, 0) is 0 Å². The van der Waals surface area contributed by atoms with Crippen LogP contribution >= 0.6 is 11.6 Å². The van der Waals surface area contributed by atoms with Gasteiger partial charge in [0.2, 0.25) is 0 Å². The van der Waals surface area contributed by atoms with E-state index in [2.05, 4.69) is 4.98 Å². The molecule has 0 bridgehead atoms. The van der Waals surface area contributed by atoms with Gasteiger partial charge in [0.1, 0.15) is 5.65 Å². The highest BCUT2D eigenvalue weighted by molar-refractivity contribution is 6.31. The molecular formula is C12H7ClN2O2. The SMILES string of the molecule is O=C(O)c1cn2ccc3cc(Cl)ccc3c2n1. The molecule has 0 aliphatic rings. The van der Waals surface area contributed by atoms with Gasteiger partial charge >= 0.3 is 5.97 Å². The van der Waals surface area contributed by atoms with Gasteiger partial charge in [-0.2, -0.15) is 0 Å². The molecule has 1 aromatic carbocycles. The molecule has 0 saturated heterocycles. The van der Waals surface area contributed by atoms with Crippen molar-refractivity contribution in [2.45, 2.75) is 0 Å². The van der Waals surface area contributed by atoms with Crippen molar-refractivity contribution >= 4 is 34.0 Å². The summed E-state index contributed by atoms with van der Waals surface area (Å²) in [6, 6.07) is 7.30. The number of hydrogen-bond donors (Lipinski definition) is 1. The van der Waals surface area contributed by atoms with E-state index in [0.717, 1.165) is 10.8 Å². The first-order valence-electron chi connectivity index (χ1n) is 4.95. The second-order valence-corrected chi connectivity index (χ2v) is 4.15. The fourth-order valence-corrected chi connectivity index (χ4v) is 2.03.